The summed E-state index contributed by atoms with van der Waals surface area (Å²) in [6, 6.07) is 5.97. The molecular weight excluding hydrogens is 1220 g/mol. The maximum absolute atomic E-state index is 13.8. The van der Waals surface area contributed by atoms with E-state index in [-0.39, 0.29) is 69.6 Å². The number of carboxylic acid groups (broad SMARTS) is 5. The highest BCUT2D eigenvalue weighted by Gasteiger charge is 2.34. The van der Waals surface area contributed by atoms with E-state index in [0.717, 1.165) is 5.56 Å². The Morgan fingerprint density at radius 1 is 0.549 bits per heavy atom. The number of rotatable bonds is 37. The summed E-state index contributed by atoms with van der Waals surface area (Å²) in [4.78, 5) is 152. The number of aromatic amines is 1. The predicted molar refractivity (Wildman–Crippen MR) is 324 cm³/mol. The number of benzene rings is 2. The zero-order valence-electron chi connectivity index (χ0n) is 50.0. The van der Waals surface area contributed by atoms with E-state index in [1.165, 1.54) is 19.4 Å². The SMILES string of the molecule is C[C@H](NC(=O)[C@H](CC(=O)O)NC(=O)COCCOCCNC(=S)Nc1ccc(CN2CCN(CC(=O)O)CCN(CC(=O)O)CCN(CC(=O)O)CC2)cc1)C(=O)N[C@@H](Cc1c[nH]cn1)C(=O)N[C@@H](CO)C(=O)N[C@@H](Cc1ccccc1)C(=O)N[C@@H](CO)C(=O)O. The molecule has 16 N–H and O–H groups in total. The zero-order chi connectivity index (χ0) is 66.8. The minimum absolute atomic E-state index is 0.0174. The second-order valence-electron chi connectivity index (χ2n) is 20.9. The lowest BCUT2D eigenvalue weighted by molar-refractivity contribution is -0.143. The van der Waals surface area contributed by atoms with Crippen LogP contribution in [0.3, 0.4) is 0 Å². The monoisotopic (exact) mass is 1300 g/mol. The highest BCUT2D eigenvalue weighted by molar-refractivity contribution is 7.80. The van der Waals surface area contributed by atoms with Crippen LogP contribution in [0.1, 0.15) is 30.2 Å². The second-order valence-corrected chi connectivity index (χ2v) is 21.3. The average molecular weight is 1300 g/mol. The van der Waals surface area contributed by atoms with Crippen LogP contribution in [-0.4, -0.2) is 290 Å². The summed E-state index contributed by atoms with van der Waals surface area (Å²) in [6.45, 7) is 1.56. The van der Waals surface area contributed by atoms with Crippen molar-refractivity contribution in [2.75, 3.05) is 123 Å². The van der Waals surface area contributed by atoms with Gasteiger partial charge in [-0.1, -0.05) is 42.5 Å². The lowest BCUT2D eigenvalue weighted by Gasteiger charge is -2.33. The fourth-order valence-corrected chi connectivity index (χ4v) is 9.13. The number of nitrogens with one attached hydrogen (secondary N) is 9. The quantitative estimate of drug-likeness (QED) is 0.0189. The molecule has 2 aromatic carbocycles. The number of thiocarbonyl (C=S) groups is 1. The summed E-state index contributed by atoms with van der Waals surface area (Å²) in [5, 5.41) is 87.2. The van der Waals surface area contributed by atoms with Gasteiger partial charge in [0.2, 0.25) is 35.4 Å². The number of carboxylic acids is 5. The average Bonchev–Trinajstić information content (AvgIpc) is 3.33. The van der Waals surface area contributed by atoms with Gasteiger partial charge < -0.3 is 92.7 Å². The van der Waals surface area contributed by atoms with Gasteiger partial charge in [0.25, 0.3) is 0 Å². The van der Waals surface area contributed by atoms with Gasteiger partial charge in [0, 0.05) is 90.2 Å². The van der Waals surface area contributed by atoms with E-state index >= 15 is 0 Å². The molecule has 2 heterocycles. The molecule has 1 fully saturated rings. The smallest absolute Gasteiger partial charge is 0.328 e. The van der Waals surface area contributed by atoms with Crippen molar-refractivity contribution in [2.24, 2.45) is 0 Å². The molecule has 34 nitrogen and oxygen atoms in total. The van der Waals surface area contributed by atoms with Crippen molar-refractivity contribution in [3.63, 3.8) is 0 Å². The van der Waals surface area contributed by atoms with Crippen molar-refractivity contribution in [3.05, 3.63) is 83.9 Å². The van der Waals surface area contributed by atoms with Gasteiger partial charge in [0.1, 0.15) is 42.9 Å². The number of nitrogens with zero attached hydrogens (tertiary/aromatic N) is 5. The molecule has 6 amide bonds. The topological polar surface area (TPSA) is 486 Å². The number of ether oxygens (including phenoxy) is 2. The molecule has 6 atom stereocenters. The van der Waals surface area contributed by atoms with Crippen LogP contribution < -0.4 is 42.5 Å². The van der Waals surface area contributed by atoms with Crippen LogP contribution in [0.15, 0.2) is 67.1 Å². The van der Waals surface area contributed by atoms with Gasteiger partial charge in [-0.2, -0.15) is 0 Å². The number of carbonyl (C=O) groups excluding carboxylic acids is 6. The summed E-state index contributed by atoms with van der Waals surface area (Å²) in [5.74, 6) is -12.2. The van der Waals surface area contributed by atoms with Crippen LogP contribution in [0, 0.1) is 0 Å². The molecule has 35 heteroatoms. The van der Waals surface area contributed by atoms with E-state index in [9.17, 15) is 88.5 Å². The maximum atomic E-state index is 13.8. The number of hydrogen-bond donors (Lipinski definition) is 16. The van der Waals surface area contributed by atoms with Crippen LogP contribution in [-0.2, 0) is 81.6 Å². The Kier molecular flexibility index (Phi) is 32.8. The van der Waals surface area contributed by atoms with Crippen molar-refractivity contribution in [1.29, 1.82) is 0 Å². The van der Waals surface area contributed by atoms with Crippen LogP contribution >= 0.6 is 12.2 Å². The van der Waals surface area contributed by atoms with Gasteiger partial charge in [-0.25, -0.2) is 9.78 Å². The normalized spacial score (nSPS) is 15.6. The van der Waals surface area contributed by atoms with Gasteiger partial charge in [-0.15, -0.1) is 0 Å². The first-order valence-electron chi connectivity index (χ1n) is 28.7. The zero-order valence-corrected chi connectivity index (χ0v) is 50.8. The number of hydrogen-bond acceptors (Lipinski definition) is 21. The highest BCUT2D eigenvalue weighted by atomic mass is 32.1. The largest absolute Gasteiger partial charge is 0.481 e. The number of amides is 6. The summed E-state index contributed by atoms with van der Waals surface area (Å²) >= 11 is 5.43. The Morgan fingerprint density at radius 3 is 1.56 bits per heavy atom. The van der Waals surface area contributed by atoms with Crippen molar-refractivity contribution in [1.82, 2.24) is 66.8 Å². The van der Waals surface area contributed by atoms with Crippen molar-refractivity contribution in [3.8, 4) is 0 Å². The summed E-state index contributed by atoms with van der Waals surface area (Å²) < 4.78 is 10.9. The molecule has 3 aromatic rings. The summed E-state index contributed by atoms with van der Waals surface area (Å²) in [5.41, 5.74) is 2.36. The molecule has 0 radical (unpaired) electrons. The van der Waals surface area contributed by atoms with Gasteiger partial charge >= 0.3 is 29.8 Å². The first kappa shape index (κ1) is 74.7. The van der Waals surface area contributed by atoms with Crippen molar-refractivity contribution in [2.45, 2.75) is 69.0 Å². The number of anilines is 1. The molecule has 1 aliphatic heterocycles. The van der Waals surface area contributed by atoms with E-state index in [1.54, 1.807) is 45.0 Å². The second kappa shape index (κ2) is 40.0. The molecular formula is C56H80N14O20S. The first-order valence-corrected chi connectivity index (χ1v) is 29.2. The number of aromatic nitrogens is 2. The third-order valence-electron chi connectivity index (χ3n) is 13.7. The third kappa shape index (κ3) is 29.6. The minimum Gasteiger partial charge on any atom is -0.481 e. The third-order valence-corrected chi connectivity index (χ3v) is 13.9. The number of aliphatic carboxylic acids is 5. The van der Waals surface area contributed by atoms with E-state index in [0.29, 0.717) is 70.2 Å². The van der Waals surface area contributed by atoms with Gasteiger partial charge in [-0.05, 0) is 42.4 Å². The number of aliphatic hydroxyl groups excluding tert-OH is 2. The van der Waals surface area contributed by atoms with Crippen molar-refractivity contribution < 1.29 is 98.0 Å². The molecule has 4 rings (SSSR count). The van der Waals surface area contributed by atoms with Crippen LogP contribution in [0.5, 0.6) is 0 Å². The molecule has 0 aliphatic carbocycles. The van der Waals surface area contributed by atoms with Crippen LogP contribution in [0.2, 0.25) is 0 Å². The van der Waals surface area contributed by atoms with E-state index in [1.807, 2.05) is 24.3 Å². The number of H-pyrrole nitrogens is 1. The Bertz CT molecular complexity index is 2850. The standard InChI is InChI=1S/C56H80N14O20S/c1-35(50(82)63-41(24-39-26-57-34-59-39)53(85)65-43(31-71)54(86)64-40(23-36-5-3-2-4-6-36)52(84)66-44(32-72)55(87)88)60-51(83)42(25-46(74)75)62-45(73)33-90-22-21-89-20-11-58-56(91)61-38-9-7-37(8-10-38)27-67-12-14-68(28-47(76)77)16-18-70(30-49(80)81)19-17-69(15-13-67)29-48(78)79/h2-10,26,34-35,40-44,71-72H,11-25,27-33H2,1H3,(H,57,59)(H,60,83)(H,62,73)(H,63,82)(H,64,86)(H,65,85)(H,66,84)(H,74,75)(H,76,77)(H,78,79)(H,80,81)(H,87,88)(H2,58,61,91)/t35-,40-,41-,42-,43-,44-/m0/s1. The Balaban J connectivity index is 1.21. The lowest BCUT2D eigenvalue weighted by Crippen LogP contribution is -2.60. The Hall–Kier alpha value is -8.81. The molecule has 91 heavy (non-hydrogen) atoms. The van der Waals surface area contributed by atoms with E-state index < -0.39 is 128 Å². The Labute approximate surface area is 527 Å². The van der Waals surface area contributed by atoms with E-state index in [4.69, 9.17) is 21.7 Å². The van der Waals surface area contributed by atoms with Crippen LogP contribution in [0.25, 0.3) is 0 Å². The molecule has 0 saturated carbocycles. The number of imidazole rings is 1. The predicted octanol–water partition coefficient (Wildman–Crippen LogP) is -5.34. The maximum Gasteiger partial charge on any atom is 0.328 e. The summed E-state index contributed by atoms with van der Waals surface area (Å²) in [6.07, 6.45) is 1.27. The van der Waals surface area contributed by atoms with Crippen LogP contribution in [0.4, 0.5) is 5.69 Å². The first-order chi connectivity index (χ1) is 43.4. The minimum atomic E-state index is -1.75. The van der Waals surface area contributed by atoms with Gasteiger partial charge in [-0.3, -0.25) is 67.5 Å². The molecule has 1 saturated heterocycles. The fourth-order valence-electron chi connectivity index (χ4n) is 8.91. The lowest BCUT2D eigenvalue weighted by atomic mass is 10.0. The number of aliphatic hydroxyl groups is 2. The summed E-state index contributed by atoms with van der Waals surface area (Å²) in [7, 11) is 0. The number of carbonyl (C=O) groups is 11. The van der Waals surface area contributed by atoms with Crippen molar-refractivity contribution >= 4 is 88.3 Å². The van der Waals surface area contributed by atoms with Gasteiger partial charge in [0.05, 0.1) is 71.1 Å². The molecule has 0 unspecified atom stereocenters. The molecule has 500 valence electrons. The molecule has 1 aliphatic rings. The highest BCUT2D eigenvalue weighted by Crippen LogP contribution is 2.14. The van der Waals surface area contributed by atoms with Gasteiger partial charge in [0.15, 0.2) is 5.11 Å². The van der Waals surface area contributed by atoms with E-state index in [2.05, 4.69) is 57.4 Å². The molecule has 0 spiro atoms. The molecule has 1 aromatic heterocycles. The molecule has 0 bridgehead atoms. The Morgan fingerprint density at radius 2 is 1.04 bits per heavy atom. The fraction of sp³-hybridized carbons (Fsp3) is 0.518.